The Labute approximate surface area is 140 Å². The van der Waals surface area contributed by atoms with Gasteiger partial charge in [0.1, 0.15) is 5.82 Å². The van der Waals surface area contributed by atoms with E-state index >= 15 is 0 Å². The maximum atomic E-state index is 13.4. The Balaban J connectivity index is 1.44. The minimum atomic E-state index is -4.21. The van der Waals surface area contributed by atoms with E-state index in [0.717, 1.165) is 12.8 Å². The van der Waals surface area contributed by atoms with Crippen molar-refractivity contribution in [1.29, 1.82) is 0 Å². The summed E-state index contributed by atoms with van der Waals surface area (Å²) in [6.45, 7) is 0. The molecule has 0 aromatic heterocycles. The van der Waals surface area contributed by atoms with Crippen LogP contribution in [0.15, 0.2) is 18.2 Å². The summed E-state index contributed by atoms with van der Waals surface area (Å²) in [5, 5.41) is 3.19. The zero-order valence-corrected chi connectivity index (χ0v) is 13.5. The molecule has 4 fully saturated rings. The molecule has 1 amide bonds. The number of carbonyl (C=O) groups is 1. The first-order valence-corrected chi connectivity index (χ1v) is 8.71. The zero-order valence-electron chi connectivity index (χ0n) is 12.7. The van der Waals surface area contributed by atoms with Crippen LogP contribution in [0, 0.1) is 11.2 Å². The van der Waals surface area contributed by atoms with Crippen molar-refractivity contribution in [2.45, 2.75) is 49.1 Å². The maximum Gasteiger partial charge on any atom is 0.394 e. The third-order valence-electron chi connectivity index (χ3n) is 5.10. The van der Waals surface area contributed by atoms with Crippen LogP contribution >= 0.6 is 11.9 Å². The number of alkyl halides is 3. The molecule has 0 atom stereocenters. The molecule has 130 valence electrons. The molecule has 4 aliphatic rings. The third-order valence-corrected chi connectivity index (χ3v) is 6.24. The van der Waals surface area contributed by atoms with Crippen LogP contribution < -0.4 is 10.0 Å². The summed E-state index contributed by atoms with van der Waals surface area (Å²) in [5.74, 6) is -0.920. The molecule has 3 nitrogen and oxygen atoms in total. The molecule has 0 spiro atoms. The number of benzene rings is 1. The summed E-state index contributed by atoms with van der Waals surface area (Å²) in [5.41, 5.74) is -1.73. The van der Waals surface area contributed by atoms with Gasteiger partial charge in [-0.3, -0.25) is 4.79 Å². The van der Waals surface area contributed by atoms with E-state index in [2.05, 4.69) is 10.0 Å². The monoisotopic (exact) mass is 360 g/mol. The van der Waals surface area contributed by atoms with Gasteiger partial charge in [0.15, 0.2) is 0 Å². The molecule has 4 aliphatic carbocycles. The van der Waals surface area contributed by atoms with Gasteiger partial charge < -0.3 is 10.0 Å². The number of anilines is 1. The van der Waals surface area contributed by atoms with E-state index in [1.807, 2.05) is 0 Å². The average molecular weight is 360 g/mol. The molecule has 24 heavy (non-hydrogen) atoms. The molecular formula is C16H16F4N2OS. The highest BCUT2D eigenvalue weighted by molar-refractivity contribution is 8.01. The number of hydrogen-bond donors (Lipinski definition) is 2. The molecule has 0 radical (unpaired) electrons. The molecule has 1 aromatic carbocycles. The topological polar surface area (TPSA) is 41.1 Å². The van der Waals surface area contributed by atoms with E-state index < -0.39 is 28.9 Å². The average Bonchev–Trinajstić information content (AvgIpc) is 3.21. The smallest absolute Gasteiger partial charge is 0.346 e. The van der Waals surface area contributed by atoms with Crippen molar-refractivity contribution in [3.05, 3.63) is 29.6 Å². The lowest BCUT2D eigenvalue weighted by Gasteiger charge is -2.70. The van der Waals surface area contributed by atoms with Crippen LogP contribution in [0.2, 0.25) is 0 Å². The fraction of sp³-hybridized carbons (Fsp3) is 0.562. The molecule has 5 rings (SSSR count). The second-order valence-corrected chi connectivity index (χ2v) is 8.26. The lowest BCUT2D eigenvalue weighted by Crippen LogP contribution is -2.78. The van der Waals surface area contributed by atoms with Crippen molar-refractivity contribution in [3.8, 4) is 0 Å². The number of amides is 1. The van der Waals surface area contributed by atoms with E-state index in [1.54, 1.807) is 0 Å². The molecule has 0 unspecified atom stereocenters. The van der Waals surface area contributed by atoms with Crippen molar-refractivity contribution in [2.24, 2.45) is 5.41 Å². The Morgan fingerprint density at radius 2 is 1.88 bits per heavy atom. The number of carbonyl (C=O) groups excluding carboxylic acids is 1. The van der Waals surface area contributed by atoms with Crippen LogP contribution in [0.4, 0.5) is 23.2 Å². The molecule has 2 N–H and O–H groups in total. The van der Waals surface area contributed by atoms with Gasteiger partial charge in [0.2, 0.25) is 0 Å². The summed E-state index contributed by atoms with van der Waals surface area (Å²) < 4.78 is 55.1. The quantitative estimate of drug-likeness (QED) is 0.609. The van der Waals surface area contributed by atoms with Gasteiger partial charge in [0.05, 0.1) is 16.7 Å². The van der Waals surface area contributed by atoms with Crippen LogP contribution in [0.25, 0.3) is 0 Å². The Kier molecular flexibility index (Phi) is 3.37. The first-order valence-electron chi connectivity index (χ1n) is 7.83. The van der Waals surface area contributed by atoms with E-state index in [-0.39, 0.29) is 24.8 Å². The largest absolute Gasteiger partial charge is 0.394 e. The molecule has 4 saturated carbocycles. The molecule has 2 bridgehead atoms. The van der Waals surface area contributed by atoms with Crippen molar-refractivity contribution in [1.82, 2.24) is 5.32 Å². The summed E-state index contributed by atoms with van der Waals surface area (Å²) >= 11 is 1.44. The highest BCUT2D eigenvalue weighted by Gasteiger charge is 2.79. The number of hydrogen-bond acceptors (Lipinski definition) is 3. The van der Waals surface area contributed by atoms with Gasteiger partial charge in [-0.05, 0) is 62.3 Å². The minimum absolute atomic E-state index is 0.0595. The van der Waals surface area contributed by atoms with Crippen molar-refractivity contribution < 1.29 is 22.4 Å². The Morgan fingerprint density at radius 3 is 2.46 bits per heavy atom. The van der Waals surface area contributed by atoms with Crippen LogP contribution in [0.5, 0.6) is 0 Å². The first-order chi connectivity index (χ1) is 11.2. The van der Waals surface area contributed by atoms with Gasteiger partial charge in [-0.25, -0.2) is 4.39 Å². The zero-order chi connectivity index (χ0) is 17.2. The fourth-order valence-electron chi connectivity index (χ4n) is 3.66. The van der Waals surface area contributed by atoms with Gasteiger partial charge in [0.25, 0.3) is 5.91 Å². The highest BCUT2D eigenvalue weighted by Crippen LogP contribution is 2.73. The van der Waals surface area contributed by atoms with Gasteiger partial charge in [0, 0.05) is 10.8 Å². The predicted octanol–water partition coefficient (Wildman–Crippen LogP) is 4.26. The van der Waals surface area contributed by atoms with Crippen molar-refractivity contribution in [3.63, 3.8) is 0 Å². The molecule has 0 aliphatic heterocycles. The highest BCUT2D eigenvalue weighted by atomic mass is 32.2. The number of nitrogens with one attached hydrogen (secondary N) is 2. The standard InChI is InChI=1S/C16H16F4N2OS/c17-9-1-4-11(12(5-9)22-24-10-2-3-10)13(23)21-15-6-14(7-15,8-15)16(18,19)20/h1,4-5,10,22H,2-3,6-8H2,(H,21,23). The van der Waals surface area contributed by atoms with Crippen LogP contribution in [0.1, 0.15) is 42.5 Å². The first kappa shape index (κ1) is 16.1. The summed E-state index contributed by atoms with van der Waals surface area (Å²) in [6, 6.07) is 3.79. The van der Waals surface area contributed by atoms with Crippen molar-refractivity contribution in [2.75, 3.05) is 4.72 Å². The van der Waals surface area contributed by atoms with Gasteiger partial charge >= 0.3 is 6.18 Å². The molecular weight excluding hydrogens is 344 g/mol. The van der Waals surface area contributed by atoms with Gasteiger partial charge in [-0.1, -0.05) is 0 Å². The summed E-state index contributed by atoms with van der Waals surface area (Å²) in [4.78, 5) is 12.5. The lowest BCUT2D eigenvalue weighted by atomic mass is 9.39. The molecule has 8 heteroatoms. The Hall–Kier alpha value is -1.44. The second kappa shape index (κ2) is 5.03. The summed E-state index contributed by atoms with van der Waals surface area (Å²) in [6.07, 6.45) is -2.22. The van der Waals surface area contributed by atoms with E-state index in [0.29, 0.717) is 10.9 Å². The van der Waals surface area contributed by atoms with E-state index in [9.17, 15) is 22.4 Å². The Morgan fingerprint density at radius 1 is 1.21 bits per heavy atom. The molecule has 0 saturated heterocycles. The molecule has 0 heterocycles. The number of halogens is 4. The fourth-order valence-corrected chi connectivity index (χ4v) is 4.50. The van der Waals surface area contributed by atoms with Crippen LogP contribution in [0.3, 0.4) is 0 Å². The van der Waals surface area contributed by atoms with Crippen LogP contribution in [-0.2, 0) is 0 Å². The van der Waals surface area contributed by atoms with E-state index in [4.69, 9.17) is 0 Å². The maximum absolute atomic E-state index is 13.4. The third kappa shape index (κ3) is 2.55. The SMILES string of the molecule is O=C(NC12CC(C(F)(F)F)(C1)C2)c1ccc(F)cc1NSC1CC1. The van der Waals surface area contributed by atoms with Crippen LogP contribution in [-0.4, -0.2) is 22.9 Å². The van der Waals surface area contributed by atoms with Crippen molar-refractivity contribution >= 4 is 23.5 Å². The predicted molar refractivity (Wildman–Crippen MR) is 83.2 cm³/mol. The Bertz CT molecular complexity index is 682. The normalized spacial score (nSPS) is 31.0. The number of rotatable bonds is 5. The van der Waals surface area contributed by atoms with Gasteiger partial charge in [-0.2, -0.15) is 13.2 Å². The van der Waals surface area contributed by atoms with E-state index in [1.165, 1.54) is 30.1 Å². The molecule has 1 aromatic rings. The second-order valence-electron chi connectivity index (χ2n) is 7.15. The summed E-state index contributed by atoms with van der Waals surface area (Å²) in [7, 11) is 0. The minimum Gasteiger partial charge on any atom is -0.346 e. The lowest BCUT2D eigenvalue weighted by molar-refractivity contribution is -0.336. The van der Waals surface area contributed by atoms with Gasteiger partial charge in [-0.15, -0.1) is 0 Å².